The Morgan fingerprint density at radius 2 is 2.11 bits per heavy atom. The number of sulfonamides is 1. The van der Waals surface area contributed by atoms with Gasteiger partial charge in [0.25, 0.3) is 0 Å². The molecule has 0 aliphatic carbocycles. The second kappa shape index (κ2) is 5.21. The molecule has 0 spiro atoms. The summed E-state index contributed by atoms with van der Waals surface area (Å²) >= 11 is 0. The molecule has 3 N–H and O–H groups in total. The Bertz CT molecular complexity index is 509. The third-order valence-electron chi connectivity index (χ3n) is 2.33. The van der Waals surface area contributed by atoms with Crippen molar-refractivity contribution in [2.24, 2.45) is 0 Å². The molecule has 0 aromatic carbocycles. The highest BCUT2D eigenvalue weighted by Gasteiger charge is 2.29. The summed E-state index contributed by atoms with van der Waals surface area (Å²) in [5.41, 5.74) is 4.47. The Balaban J connectivity index is 3.16. The SMILES string of the molecule is CCN(CC(C)(C)O)S(=O)(=O)c1cccnc1N. The lowest BCUT2D eigenvalue weighted by atomic mass is 10.1. The number of nitrogens with zero attached hydrogens (tertiary/aromatic N) is 2. The minimum absolute atomic E-state index is 0.000166. The number of hydrogen-bond acceptors (Lipinski definition) is 5. The molecular formula is C11H19N3O3S. The van der Waals surface area contributed by atoms with E-state index in [0.717, 1.165) is 0 Å². The Labute approximate surface area is 107 Å². The fourth-order valence-electron chi connectivity index (χ4n) is 1.56. The van der Waals surface area contributed by atoms with Gasteiger partial charge in [-0.1, -0.05) is 6.92 Å². The summed E-state index contributed by atoms with van der Waals surface area (Å²) in [6, 6.07) is 2.92. The van der Waals surface area contributed by atoms with Gasteiger partial charge < -0.3 is 10.8 Å². The molecule has 0 saturated carbocycles. The van der Waals surface area contributed by atoms with Crippen molar-refractivity contribution in [1.82, 2.24) is 9.29 Å². The number of pyridine rings is 1. The van der Waals surface area contributed by atoms with Gasteiger partial charge >= 0.3 is 0 Å². The van der Waals surface area contributed by atoms with Crippen molar-refractivity contribution >= 4 is 15.8 Å². The predicted octanol–water partition coefficient (Wildman–Crippen LogP) is 0.445. The molecule has 1 heterocycles. The number of likely N-dealkylation sites (N-methyl/N-ethyl adjacent to an activating group) is 1. The van der Waals surface area contributed by atoms with E-state index in [-0.39, 0.29) is 23.8 Å². The molecule has 0 radical (unpaired) electrons. The van der Waals surface area contributed by atoms with Crippen LogP contribution in [0.4, 0.5) is 5.82 Å². The molecule has 18 heavy (non-hydrogen) atoms. The second-order valence-electron chi connectivity index (χ2n) is 4.63. The van der Waals surface area contributed by atoms with Crippen LogP contribution in [0, 0.1) is 0 Å². The number of nitrogen functional groups attached to an aromatic ring is 1. The fourth-order valence-corrected chi connectivity index (χ4v) is 3.23. The zero-order valence-electron chi connectivity index (χ0n) is 10.8. The van der Waals surface area contributed by atoms with Crippen LogP contribution < -0.4 is 5.73 Å². The Kier molecular flexibility index (Phi) is 4.31. The van der Waals surface area contributed by atoms with Crippen LogP contribution in [0.25, 0.3) is 0 Å². The van der Waals surface area contributed by atoms with Crippen LogP contribution in [0.2, 0.25) is 0 Å². The van der Waals surface area contributed by atoms with Gasteiger partial charge in [-0.15, -0.1) is 0 Å². The molecular weight excluding hydrogens is 254 g/mol. The fraction of sp³-hybridized carbons (Fsp3) is 0.545. The first-order valence-electron chi connectivity index (χ1n) is 5.61. The molecule has 0 unspecified atom stereocenters. The van der Waals surface area contributed by atoms with Gasteiger partial charge in [-0.05, 0) is 26.0 Å². The van der Waals surface area contributed by atoms with Gasteiger partial charge in [0, 0.05) is 19.3 Å². The van der Waals surface area contributed by atoms with Gasteiger partial charge in [-0.3, -0.25) is 0 Å². The van der Waals surface area contributed by atoms with E-state index in [1.165, 1.54) is 22.6 Å². The number of hydrogen-bond donors (Lipinski definition) is 2. The Hall–Kier alpha value is -1.18. The van der Waals surface area contributed by atoms with E-state index in [1.54, 1.807) is 20.8 Å². The molecule has 1 rings (SSSR count). The van der Waals surface area contributed by atoms with Gasteiger partial charge in [0.2, 0.25) is 10.0 Å². The highest BCUT2D eigenvalue weighted by atomic mass is 32.2. The monoisotopic (exact) mass is 273 g/mol. The van der Waals surface area contributed by atoms with Crippen molar-refractivity contribution in [1.29, 1.82) is 0 Å². The average molecular weight is 273 g/mol. The van der Waals surface area contributed by atoms with E-state index in [4.69, 9.17) is 5.73 Å². The van der Waals surface area contributed by atoms with Crippen molar-refractivity contribution < 1.29 is 13.5 Å². The third-order valence-corrected chi connectivity index (χ3v) is 4.30. The number of rotatable bonds is 5. The zero-order chi connectivity index (χ0) is 14.0. The van der Waals surface area contributed by atoms with Crippen molar-refractivity contribution in [3.8, 4) is 0 Å². The zero-order valence-corrected chi connectivity index (χ0v) is 11.6. The van der Waals surface area contributed by atoms with Gasteiger partial charge in [0.15, 0.2) is 0 Å². The second-order valence-corrected chi connectivity index (χ2v) is 6.54. The van der Waals surface area contributed by atoms with Crippen molar-refractivity contribution in [2.75, 3.05) is 18.8 Å². The topological polar surface area (TPSA) is 96.5 Å². The maximum absolute atomic E-state index is 12.4. The van der Waals surface area contributed by atoms with E-state index < -0.39 is 15.6 Å². The van der Waals surface area contributed by atoms with Gasteiger partial charge in [-0.25, -0.2) is 13.4 Å². The number of aromatic nitrogens is 1. The van der Waals surface area contributed by atoms with E-state index in [9.17, 15) is 13.5 Å². The summed E-state index contributed by atoms with van der Waals surface area (Å²) in [5.74, 6) is -0.0355. The summed E-state index contributed by atoms with van der Waals surface area (Å²) < 4.78 is 25.9. The molecule has 0 saturated heterocycles. The smallest absolute Gasteiger partial charge is 0.246 e. The van der Waals surface area contributed by atoms with Crippen LogP contribution in [0.5, 0.6) is 0 Å². The molecule has 0 aliphatic rings. The average Bonchev–Trinajstić information content (AvgIpc) is 2.24. The normalized spacial score (nSPS) is 12.9. The quantitative estimate of drug-likeness (QED) is 0.811. The van der Waals surface area contributed by atoms with E-state index >= 15 is 0 Å². The van der Waals surface area contributed by atoms with E-state index in [0.29, 0.717) is 0 Å². The van der Waals surface area contributed by atoms with Crippen molar-refractivity contribution in [3.63, 3.8) is 0 Å². The number of aliphatic hydroxyl groups is 1. The van der Waals surface area contributed by atoms with Crippen LogP contribution in [0.15, 0.2) is 23.2 Å². The third kappa shape index (κ3) is 3.41. The summed E-state index contributed by atoms with van der Waals surface area (Å²) in [6.45, 7) is 5.06. The molecule has 7 heteroatoms. The molecule has 0 aliphatic heterocycles. The van der Waals surface area contributed by atoms with Crippen LogP contribution in [0.1, 0.15) is 20.8 Å². The maximum Gasteiger partial charge on any atom is 0.246 e. The lowest BCUT2D eigenvalue weighted by Crippen LogP contribution is -2.42. The summed E-state index contributed by atoms with van der Waals surface area (Å²) in [4.78, 5) is 3.74. The summed E-state index contributed by atoms with van der Waals surface area (Å²) in [6.07, 6.45) is 1.43. The molecule has 1 aromatic heterocycles. The van der Waals surface area contributed by atoms with Crippen molar-refractivity contribution in [3.05, 3.63) is 18.3 Å². The first-order chi connectivity index (χ1) is 8.18. The number of nitrogens with two attached hydrogens (primary N) is 1. The highest BCUT2D eigenvalue weighted by molar-refractivity contribution is 7.89. The summed E-state index contributed by atoms with van der Waals surface area (Å²) in [5, 5.41) is 9.75. The predicted molar refractivity (Wildman–Crippen MR) is 69.4 cm³/mol. The standard InChI is InChI=1S/C11H19N3O3S/c1-4-14(8-11(2,3)15)18(16,17)9-6-5-7-13-10(9)12/h5-7,15H,4,8H2,1-3H3,(H2,12,13). The van der Waals surface area contributed by atoms with Gasteiger partial charge in [-0.2, -0.15) is 4.31 Å². The molecule has 0 bridgehead atoms. The molecule has 1 aromatic rings. The van der Waals surface area contributed by atoms with Gasteiger partial charge in [0.1, 0.15) is 10.7 Å². The minimum Gasteiger partial charge on any atom is -0.389 e. The van der Waals surface area contributed by atoms with Crippen LogP contribution in [-0.2, 0) is 10.0 Å². The molecule has 102 valence electrons. The highest BCUT2D eigenvalue weighted by Crippen LogP contribution is 2.21. The molecule has 0 amide bonds. The minimum atomic E-state index is -3.73. The summed E-state index contributed by atoms with van der Waals surface area (Å²) in [7, 11) is -3.73. The maximum atomic E-state index is 12.4. The lowest BCUT2D eigenvalue weighted by Gasteiger charge is -2.27. The first kappa shape index (κ1) is 14.9. The first-order valence-corrected chi connectivity index (χ1v) is 7.05. The molecule has 0 atom stereocenters. The van der Waals surface area contributed by atoms with E-state index in [2.05, 4.69) is 4.98 Å². The van der Waals surface area contributed by atoms with Gasteiger partial charge in [0.05, 0.1) is 5.60 Å². The molecule has 0 fully saturated rings. The van der Waals surface area contributed by atoms with E-state index in [1.807, 2.05) is 0 Å². The van der Waals surface area contributed by atoms with Crippen LogP contribution in [-0.4, -0.2) is 41.5 Å². The lowest BCUT2D eigenvalue weighted by molar-refractivity contribution is 0.0601. The number of anilines is 1. The Morgan fingerprint density at radius 1 is 1.50 bits per heavy atom. The van der Waals surface area contributed by atoms with Crippen LogP contribution in [0.3, 0.4) is 0 Å². The largest absolute Gasteiger partial charge is 0.389 e. The van der Waals surface area contributed by atoms with Crippen LogP contribution >= 0.6 is 0 Å². The molecule has 6 nitrogen and oxygen atoms in total. The Morgan fingerprint density at radius 3 is 2.56 bits per heavy atom. The van der Waals surface area contributed by atoms with Crippen molar-refractivity contribution in [2.45, 2.75) is 31.3 Å².